The highest BCUT2D eigenvalue weighted by Gasteiger charge is 2.19. The second-order valence-corrected chi connectivity index (χ2v) is 7.06. The first-order chi connectivity index (χ1) is 10.4. The lowest BCUT2D eigenvalue weighted by atomic mass is 9.92. The molecule has 1 amide bonds. The molecule has 0 saturated heterocycles. The van der Waals surface area contributed by atoms with Gasteiger partial charge in [0.2, 0.25) is 5.91 Å². The van der Waals surface area contributed by atoms with Crippen molar-refractivity contribution in [2.75, 3.05) is 0 Å². The van der Waals surface area contributed by atoms with Crippen molar-refractivity contribution >= 4 is 26.3 Å². The van der Waals surface area contributed by atoms with Crippen molar-refractivity contribution in [1.82, 2.24) is 4.90 Å². The van der Waals surface area contributed by atoms with Crippen LogP contribution in [0.5, 0.6) is 0 Å². The Morgan fingerprint density at radius 1 is 1.14 bits per heavy atom. The molecule has 0 bridgehead atoms. The maximum atomic E-state index is 12.4. The molecule has 1 aliphatic carbocycles. The highest BCUT2D eigenvalue weighted by Crippen LogP contribution is 2.35. The summed E-state index contributed by atoms with van der Waals surface area (Å²) in [7, 11) is 0. The maximum Gasteiger partial charge on any atom is 0.247 e. The molecule has 0 radical (unpaired) electrons. The Kier molecular flexibility index (Phi) is 5.63. The number of hydrogen-bond acceptors (Lipinski definition) is 1. The van der Waals surface area contributed by atoms with Crippen LogP contribution in [-0.4, -0.2) is 22.9 Å². The molecule has 22 heavy (non-hydrogen) atoms. The van der Waals surface area contributed by atoms with Crippen molar-refractivity contribution in [2.45, 2.75) is 52.6 Å². The summed E-state index contributed by atoms with van der Waals surface area (Å²) in [5.41, 5.74) is 3.80. The third-order valence-corrected chi connectivity index (χ3v) is 4.93. The van der Waals surface area contributed by atoms with Gasteiger partial charge in [0.1, 0.15) is 0 Å². The van der Waals surface area contributed by atoms with Crippen molar-refractivity contribution in [2.24, 2.45) is 0 Å². The van der Waals surface area contributed by atoms with Crippen LogP contribution in [0.3, 0.4) is 0 Å². The van der Waals surface area contributed by atoms with E-state index in [1.807, 2.05) is 11.0 Å². The molecule has 0 saturated carbocycles. The number of rotatable bonds is 4. The van der Waals surface area contributed by atoms with Crippen LogP contribution in [0.1, 0.15) is 45.2 Å². The maximum absolute atomic E-state index is 12.4. The van der Waals surface area contributed by atoms with Crippen LogP contribution in [-0.2, 0) is 11.2 Å². The predicted molar refractivity (Wildman–Crippen MR) is 96.9 cm³/mol. The number of carbonyl (C=O) groups is 1. The number of halogens is 1. The van der Waals surface area contributed by atoms with Gasteiger partial charge >= 0.3 is 0 Å². The van der Waals surface area contributed by atoms with E-state index in [1.165, 1.54) is 16.7 Å². The molecule has 1 aromatic carbocycles. The molecule has 3 heteroatoms. The van der Waals surface area contributed by atoms with Gasteiger partial charge in [0.25, 0.3) is 0 Å². The fraction of sp³-hybridized carbons (Fsp3) is 0.421. The Morgan fingerprint density at radius 2 is 1.77 bits per heavy atom. The largest absolute Gasteiger partial charge is 0.334 e. The number of allylic oxidation sites excluding steroid dienone is 2. The first-order valence-electron chi connectivity index (χ1n) is 7.89. The average molecular weight is 362 g/mol. The first-order valence-corrected chi connectivity index (χ1v) is 8.68. The third kappa shape index (κ3) is 3.70. The number of carbonyl (C=O) groups excluding carboxylic acids is 1. The zero-order valence-electron chi connectivity index (χ0n) is 13.8. The number of aryl methyl sites for hydroxylation is 1. The summed E-state index contributed by atoms with van der Waals surface area (Å²) in [5, 5.41) is 0. The lowest BCUT2D eigenvalue weighted by molar-refractivity contribution is -0.129. The van der Waals surface area contributed by atoms with E-state index in [4.69, 9.17) is 0 Å². The van der Waals surface area contributed by atoms with E-state index in [9.17, 15) is 4.79 Å². The Balaban J connectivity index is 2.22. The monoisotopic (exact) mass is 361 g/mol. The van der Waals surface area contributed by atoms with Crippen molar-refractivity contribution in [3.63, 3.8) is 0 Å². The Bertz CT molecular complexity index is 606. The van der Waals surface area contributed by atoms with Gasteiger partial charge in [-0.05, 0) is 73.2 Å². The second-order valence-electron chi connectivity index (χ2n) is 6.26. The van der Waals surface area contributed by atoms with Gasteiger partial charge in [0, 0.05) is 22.6 Å². The molecule has 0 fully saturated rings. The Hall–Kier alpha value is -1.35. The first kappa shape index (κ1) is 17.0. The van der Waals surface area contributed by atoms with Gasteiger partial charge in [-0.1, -0.05) is 30.3 Å². The van der Waals surface area contributed by atoms with Crippen LogP contribution in [0.15, 0.2) is 42.0 Å². The summed E-state index contributed by atoms with van der Waals surface area (Å²) in [6.45, 7) is 8.21. The zero-order chi connectivity index (χ0) is 16.3. The predicted octanol–water partition coefficient (Wildman–Crippen LogP) is 4.94. The average Bonchev–Trinajstić information content (AvgIpc) is 2.46. The zero-order valence-corrected chi connectivity index (χ0v) is 15.4. The Morgan fingerprint density at radius 3 is 2.41 bits per heavy atom. The number of benzene rings is 1. The van der Waals surface area contributed by atoms with E-state index in [-0.39, 0.29) is 18.0 Å². The fourth-order valence-corrected chi connectivity index (χ4v) is 3.74. The second kappa shape index (κ2) is 7.28. The lowest BCUT2D eigenvalue weighted by Gasteiger charge is -2.29. The van der Waals surface area contributed by atoms with Crippen molar-refractivity contribution in [3.8, 4) is 0 Å². The molecule has 0 spiro atoms. The standard InChI is InChI=1S/C19H24BrNO/c1-13(2)21(14(3)4)18(22)12-11-16-10-9-15-7-5-6-8-17(15)19(16)20/h5-8,11-14H,9-10H2,1-4H3. The summed E-state index contributed by atoms with van der Waals surface area (Å²) < 4.78 is 1.11. The molecule has 2 nitrogen and oxygen atoms in total. The molecule has 2 rings (SSSR count). The van der Waals surface area contributed by atoms with E-state index in [0.717, 1.165) is 17.3 Å². The molecule has 1 aromatic rings. The number of hydrogen-bond donors (Lipinski definition) is 0. The molecule has 0 aliphatic heterocycles. The minimum Gasteiger partial charge on any atom is -0.334 e. The van der Waals surface area contributed by atoms with Gasteiger partial charge in [-0.15, -0.1) is 0 Å². The normalized spacial score (nSPS) is 14.9. The molecular weight excluding hydrogens is 338 g/mol. The number of amides is 1. The molecule has 1 aliphatic rings. The van der Waals surface area contributed by atoms with Gasteiger partial charge in [-0.3, -0.25) is 4.79 Å². The minimum absolute atomic E-state index is 0.0802. The molecule has 0 unspecified atom stereocenters. The van der Waals surface area contributed by atoms with E-state index in [0.29, 0.717) is 0 Å². The van der Waals surface area contributed by atoms with Gasteiger partial charge in [0.05, 0.1) is 0 Å². The van der Waals surface area contributed by atoms with Crippen LogP contribution in [0.25, 0.3) is 4.48 Å². The van der Waals surface area contributed by atoms with E-state index in [1.54, 1.807) is 6.08 Å². The smallest absolute Gasteiger partial charge is 0.247 e. The Labute approximate surface area is 142 Å². The van der Waals surface area contributed by atoms with Crippen LogP contribution in [0.4, 0.5) is 0 Å². The van der Waals surface area contributed by atoms with Crippen molar-refractivity contribution in [3.05, 3.63) is 53.1 Å². The summed E-state index contributed by atoms with van der Waals surface area (Å²) in [5.74, 6) is 0.0802. The van der Waals surface area contributed by atoms with E-state index in [2.05, 4.69) is 67.9 Å². The number of nitrogens with zero attached hydrogens (tertiary/aromatic N) is 1. The van der Waals surface area contributed by atoms with Gasteiger partial charge in [0.15, 0.2) is 0 Å². The summed E-state index contributed by atoms with van der Waals surface area (Å²) in [6, 6.07) is 8.84. The highest BCUT2D eigenvalue weighted by atomic mass is 79.9. The lowest BCUT2D eigenvalue weighted by Crippen LogP contribution is -2.41. The fourth-order valence-electron chi connectivity index (χ4n) is 3.02. The number of fused-ring (bicyclic) bond motifs is 1. The van der Waals surface area contributed by atoms with Gasteiger partial charge in [-0.25, -0.2) is 0 Å². The van der Waals surface area contributed by atoms with E-state index >= 15 is 0 Å². The summed E-state index contributed by atoms with van der Waals surface area (Å²) in [4.78, 5) is 14.3. The summed E-state index contributed by atoms with van der Waals surface area (Å²) in [6.07, 6.45) is 5.67. The third-order valence-electron chi connectivity index (χ3n) is 3.99. The van der Waals surface area contributed by atoms with Crippen LogP contribution in [0, 0.1) is 0 Å². The molecule has 0 aromatic heterocycles. The SMILES string of the molecule is CC(C)N(C(=O)C=CC1=C(Br)c2ccccc2CC1)C(C)C. The van der Waals surface area contributed by atoms with Crippen LogP contribution in [0.2, 0.25) is 0 Å². The van der Waals surface area contributed by atoms with Crippen LogP contribution >= 0.6 is 15.9 Å². The quantitative estimate of drug-likeness (QED) is 0.695. The molecule has 118 valence electrons. The van der Waals surface area contributed by atoms with Crippen LogP contribution < -0.4 is 0 Å². The highest BCUT2D eigenvalue weighted by molar-refractivity contribution is 9.15. The molecule has 0 N–H and O–H groups in total. The van der Waals surface area contributed by atoms with Crippen molar-refractivity contribution < 1.29 is 4.79 Å². The van der Waals surface area contributed by atoms with Gasteiger partial charge in [-0.2, -0.15) is 0 Å². The minimum atomic E-state index is 0.0802. The summed E-state index contributed by atoms with van der Waals surface area (Å²) >= 11 is 3.70. The molecule has 0 heterocycles. The van der Waals surface area contributed by atoms with E-state index < -0.39 is 0 Å². The molecular formula is C19H24BrNO. The van der Waals surface area contributed by atoms with Crippen molar-refractivity contribution in [1.29, 1.82) is 0 Å². The van der Waals surface area contributed by atoms with Gasteiger partial charge < -0.3 is 4.90 Å². The molecule has 0 atom stereocenters. The topological polar surface area (TPSA) is 20.3 Å².